The highest BCUT2D eigenvalue weighted by Crippen LogP contribution is 2.33. The Morgan fingerprint density at radius 1 is 1.35 bits per heavy atom. The van der Waals surface area contributed by atoms with Crippen molar-refractivity contribution in [3.8, 4) is 11.5 Å². The van der Waals surface area contributed by atoms with Crippen LogP contribution in [0.5, 0.6) is 11.5 Å². The highest BCUT2D eigenvalue weighted by atomic mass is 35.5. The van der Waals surface area contributed by atoms with Gasteiger partial charge in [-0.15, -0.1) is 0 Å². The number of rotatable bonds is 3. The predicted octanol–water partition coefficient (Wildman–Crippen LogP) is 4.00. The van der Waals surface area contributed by atoms with Crippen LogP contribution in [0.25, 0.3) is 0 Å². The largest absolute Gasteiger partial charge is 0.507 e. The molecule has 1 unspecified atom stereocenters. The lowest BCUT2D eigenvalue weighted by Gasteiger charge is -2.06. The topological polar surface area (TPSA) is 58.9 Å². The van der Waals surface area contributed by atoms with E-state index in [1.165, 1.54) is 24.8 Å². The van der Waals surface area contributed by atoms with Gasteiger partial charge in [-0.25, -0.2) is 4.99 Å². The summed E-state index contributed by atoms with van der Waals surface area (Å²) < 4.78 is 5.00. The first-order valence-corrected chi connectivity index (χ1v) is 7.70. The molecule has 118 valence electrons. The summed E-state index contributed by atoms with van der Waals surface area (Å²) in [6, 6.07) is 10.3. The Bertz CT molecular complexity index is 786. The number of nitrogens with zero attached hydrogens (tertiary/aromatic N) is 1. The minimum Gasteiger partial charge on any atom is -0.507 e. The summed E-state index contributed by atoms with van der Waals surface area (Å²) in [7, 11) is 1.50. The number of carbonyl (C=O) groups excluding carboxylic acids is 1. The number of amides is 1. The molecule has 1 atom stereocenters. The molecule has 0 radical (unpaired) electrons. The van der Waals surface area contributed by atoms with Crippen LogP contribution in [0.3, 0.4) is 0 Å². The van der Waals surface area contributed by atoms with Crippen LogP contribution < -0.4 is 4.74 Å². The minimum absolute atomic E-state index is 0.103. The van der Waals surface area contributed by atoms with Gasteiger partial charge in [-0.3, -0.25) is 4.79 Å². The lowest BCUT2D eigenvalue weighted by molar-refractivity contribution is 0.100. The maximum Gasteiger partial charge on any atom is 0.280 e. The number of fused-ring (bicyclic) bond motifs is 1. The number of carbonyl (C=O) groups is 1. The molecule has 1 aliphatic rings. The summed E-state index contributed by atoms with van der Waals surface area (Å²) in [5, 5.41) is 10.6. The SMILES string of the molecule is COc1ccc(C(=O)/N=C/C2CCc3cc(Cl)ccc32)c(O)c1. The third kappa shape index (κ3) is 3.22. The summed E-state index contributed by atoms with van der Waals surface area (Å²) in [5.41, 5.74) is 2.52. The summed E-state index contributed by atoms with van der Waals surface area (Å²) in [6.07, 6.45) is 3.49. The molecule has 4 nitrogen and oxygen atoms in total. The van der Waals surface area contributed by atoms with Crippen molar-refractivity contribution in [3.63, 3.8) is 0 Å². The van der Waals surface area contributed by atoms with Gasteiger partial charge in [0.25, 0.3) is 5.91 Å². The first kappa shape index (κ1) is 15.6. The normalized spacial score (nSPS) is 16.5. The van der Waals surface area contributed by atoms with Gasteiger partial charge in [0.15, 0.2) is 0 Å². The minimum atomic E-state index is -0.465. The monoisotopic (exact) mass is 329 g/mol. The van der Waals surface area contributed by atoms with Crippen molar-refractivity contribution >= 4 is 23.7 Å². The van der Waals surface area contributed by atoms with Crippen molar-refractivity contribution in [3.05, 3.63) is 58.1 Å². The van der Waals surface area contributed by atoms with Crippen LogP contribution in [0.15, 0.2) is 41.4 Å². The molecule has 0 fully saturated rings. The first-order valence-electron chi connectivity index (χ1n) is 7.32. The van der Waals surface area contributed by atoms with Crippen molar-refractivity contribution in [2.75, 3.05) is 7.11 Å². The number of hydrogen-bond donors (Lipinski definition) is 1. The van der Waals surface area contributed by atoms with E-state index >= 15 is 0 Å². The molecule has 1 aliphatic carbocycles. The standard InChI is InChI=1S/C18H16ClNO3/c1-23-14-5-7-16(17(21)9-14)18(22)20-10-12-3-2-11-8-13(19)4-6-15(11)12/h4-10,12,21H,2-3H2,1H3/b20-10+. The average Bonchev–Trinajstić information content (AvgIpc) is 2.94. The molecule has 23 heavy (non-hydrogen) atoms. The van der Waals surface area contributed by atoms with Gasteiger partial charge in [0.2, 0.25) is 0 Å². The lowest BCUT2D eigenvalue weighted by Crippen LogP contribution is -2.01. The third-order valence-corrected chi connectivity index (χ3v) is 4.27. The van der Waals surface area contributed by atoms with Gasteiger partial charge in [-0.1, -0.05) is 17.7 Å². The molecule has 1 amide bonds. The number of phenolic OH excluding ortho intramolecular Hbond substituents is 1. The second-order valence-electron chi connectivity index (χ2n) is 5.45. The molecular formula is C18H16ClNO3. The van der Waals surface area contributed by atoms with Gasteiger partial charge in [0.05, 0.1) is 12.7 Å². The zero-order chi connectivity index (χ0) is 16.4. The van der Waals surface area contributed by atoms with Crippen LogP contribution in [-0.4, -0.2) is 24.3 Å². The van der Waals surface area contributed by atoms with Crippen molar-refractivity contribution in [2.24, 2.45) is 4.99 Å². The van der Waals surface area contributed by atoms with Crippen LogP contribution >= 0.6 is 11.6 Å². The number of methoxy groups -OCH3 is 1. The smallest absolute Gasteiger partial charge is 0.280 e. The number of ether oxygens (including phenoxy) is 1. The van der Waals surface area contributed by atoms with Crippen molar-refractivity contribution < 1.29 is 14.6 Å². The Labute approximate surface area is 139 Å². The second-order valence-corrected chi connectivity index (χ2v) is 5.89. The van der Waals surface area contributed by atoms with E-state index < -0.39 is 5.91 Å². The van der Waals surface area contributed by atoms with Gasteiger partial charge < -0.3 is 9.84 Å². The molecule has 0 saturated carbocycles. The van der Waals surface area contributed by atoms with Crippen LogP contribution in [0.4, 0.5) is 0 Å². The Morgan fingerprint density at radius 3 is 2.91 bits per heavy atom. The highest BCUT2D eigenvalue weighted by molar-refractivity contribution is 6.30. The molecule has 0 saturated heterocycles. The highest BCUT2D eigenvalue weighted by Gasteiger charge is 2.21. The number of aromatic hydroxyl groups is 1. The molecule has 0 aromatic heterocycles. The fraction of sp³-hybridized carbons (Fsp3) is 0.222. The van der Waals surface area contributed by atoms with E-state index in [2.05, 4.69) is 4.99 Å². The maximum atomic E-state index is 12.2. The zero-order valence-electron chi connectivity index (χ0n) is 12.6. The Kier molecular flexibility index (Phi) is 4.35. The second kappa shape index (κ2) is 6.42. The van der Waals surface area contributed by atoms with E-state index in [0.717, 1.165) is 23.4 Å². The summed E-state index contributed by atoms with van der Waals surface area (Å²) in [6.45, 7) is 0. The van der Waals surface area contributed by atoms with Crippen LogP contribution in [0.2, 0.25) is 5.02 Å². The summed E-state index contributed by atoms with van der Waals surface area (Å²) >= 11 is 5.99. The van der Waals surface area contributed by atoms with Gasteiger partial charge in [-0.2, -0.15) is 0 Å². The Balaban J connectivity index is 1.78. The molecular weight excluding hydrogens is 314 g/mol. The summed E-state index contributed by atoms with van der Waals surface area (Å²) in [5.74, 6) is -0.00564. The number of aliphatic imine (C=N–C) groups is 1. The number of hydrogen-bond acceptors (Lipinski definition) is 3. The number of halogens is 1. The molecule has 0 aliphatic heterocycles. The molecule has 0 heterocycles. The van der Waals surface area contributed by atoms with E-state index in [4.69, 9.17) is 16.3 Å². The molecule has 2 aromatic carbocycles. The van der Waals surface area contributed by atoms with Crippen molar-refractivity contribution in [1.29, 1.82) is 0 Å². The fourth-order valence-electron chi connectivity index (χ4n) is 2.82. The lowest BCUT2D eigenvalue weighted by atomic mass is 10.0. The van der Waals surface area contributed by atoms with E-state index in [-0.39, 0.29) is 17.2 Å². The third-order valence-electron chi connectivity index (χ3n) is 4.04. The molecule has 5 heteroatoms. The number of phenols is 1. The van der Waals surface area contributed by atoms with Crippen LogP contribution in [-0.2, 0) is 6.42 Å². The molecule has 3 rings (SSSR count). The van der Waals surface area contributed by atoms with Gasteiger partial charge in [-0.05, 0) is 48.2 Å². The van der Waals surface area contributed by atoms with E-state index in [1.807, 2.05) is 18.2 Å². The van der Waals surface area contributed by atoms with E-state index in [1.54, 1.807) is 12.3 Å². The maximum absolute atomic E-state index is 12.2. The van der Waals surface area contributed by atoms with E-state index in [9.17, 15) is 9.90 Å². The fourth-order valence-corrected chi connectivity index (χ4v) is 3.02. The molecule has 0 spiro atoms. The quantitative estimate of drug-likeness (QED) is 0.866. The Morgan fingerprint density at radius 2 is 2.17 bits per heavy atom. The van der Waals surface area contributed by atoms with Gasteiger partial charge in [0, 0.05) is 23.2 Å². The molecule has 1 N–H and O–H groups in total. The van der Waals surface area contributed by atoms with Gasteiger partial charge >= 0.3 is 0 Å². The van der Waals surface area contributed by atoms with Crippen molar-refractivity contribution in [1.82, 2.24) is 0 Å². The summed E-state index contributed by atoms with van der Waals surface area (Å²) in [4.78, 5) is 16.2. The van der Waals surface area contributed by atoms with E-state index in [0.29, 0.717) is 5.75 Å². The zero-order valence-corrected chi connectivity index (χ0v) is 13.4. The molecule has 0 bridgehead atoms. The van der Waals surface area contributed by atoms with Crippen LogP contribution in [0, 0.1) is 0 Å². The first-order chi connectivity index (χ1) is 11.1. The number of aryl methyl sites for hydroxylation is 1. The predicted molar refractivity (Wildman–Crippen MR) is 90.0 cm³/mol. The van der Waals surface area contributed by atoms with Gasteiger partial charge in [0.1, 0.15) is 11.5 Å². The van der Waals surface area contributed by atoms with Crippen LogP contribution in [0.1, 0.15) is 33.8 Å². The Hall–Kier alpha value is -2.33. The number of benzene rings is 2. The molecule has 2 aromatic rings. The van der Waals surface area contributed by atoms with Crippen molar-refractivity contribution in [2.45, 2.75) is 18.8 Å². The average molecular weight is 330 g/mol.